The Bertz CT molecular complexity index is 779. The second-order valence-corrected chi connectivity index (χ2v) is 7.33. The summed E-state index contributed by atoms with van der Waals surface area (Å²) in [6.45, 7) is -0.588. The summed E-state index contributed by atoms with van der Waals surface area (Å²) in [5, 5.41) is 10.6. The fourth-order valence-corrected chi connectivity index (χ4v) is 3.73. The predicted octanol–water partition coefficient (Wildman–Crippen LogP) is 1.38. The number of nitro benzene ring substituents is 1. The summed E-state index contributed by atoms with van der Waals surface area (Å²) in [4.78, 5) is 22.1. The number of carbonyl (C=O) groups is 1. The molecule has 138 valence electrons. The molecule has 0 saturated carbocycles. The Balaban J connectivity index is 2.17. The van der Waals surface area contributed by atoms with E-state index in [4.69, 9.17) is 0 Å². The molecule has 1 aromatic rings. The van der Waals surface area contributed by atoms with Crippen LogP contribution in [0.3, 0.4) is 0 Å². The zero-order valence-electron chi connectivity index (χ0n) is 12.9. The van der Waals surface area contributed by atoms with Crippen LogP contribution in [0.4, 0.5) is 18.9 Å². The molecule has 8 nitrogen and oxygen atoms in total. The van der Waals surface area contributed by atoms with Crippen LogP contribution < -0.4 is 0 Å². The maximum absolute atomic E-state index is 12.7. The number of halogens is 3. The quantitative estimate of drug-likeness (QED) is 0.579. The molecular weight excluding hydrogens is 367 g/mol. The van der Waals surface area contributed by atoms with Crippen LogP contribution in [-0.4, -0.2) is 60.3 Å². The summed E-state index contributed by atoms with van der Waals surface area (Å²) in [7, 11) is -4.14. The third kappa shape index (κ3) is 3.90. The number of nitrogens with zero attached hydrogens (tertiary/aromatic N) is 3. The number of carbonyl (C=O) groups excluding carboxylic acids is 1. The molecule has 0 aromatic heterocycles. The molecule has 25 heavy (non-hydrogen) atoms. The molecule has 0 aliphatic carbocycles. The Morgan fingerprint density at radius 3 is 2.20 bits per heavy atom. The van der Waals surface area contributed by atoms with Crippen LogP contribution in [0, 0.1) is 10.1 Å². The molecule has 1 atom stereocenters. The molecule has 1 aromatic carbocycles. The third-order valence-corrected chi connectivity index (χ3v) is 5.71. The van der Waals surface area contributed by atoms with Crippen LogP contribution >= 0.6 is 0 Å². The molecule has 0 bridgehead atoms. The van der Waals surface area contributed by atoms with Gasteiger partial charge < -0.3 is 4.90 Å². The van der Waals surface area contributed by atoms with E-state index in [0.717, 1.165) is 35.5 Å². The minimum Gasteiger partial charge on any atom is -0.328 e. The van der Waals surface area contributed by atoms with Gasteiger partial charge in [-0.1, -0.05) is 0 Å². The van der Waals surface area contributed by atoms with Crippen LogP contribution in [0.25, 0.3) is 0 Å². The molecule has 0 radical (unpaired) electrons. The summed E-state index contributed by atoms with van der Waals surface area (Å²) in [5.74, 6) is -0.957. The molecule has 1 heterocycles. The topological polar surface area (TPSA) is 101 Å². The molecule has 0 spiro atoms. The smallest absolute Gasteiger partial charge is 0.328 e. The highest BCUT2D eigenvalue weighted by Crippen LogP contribution is 2.27. The molecule has 1 fully saturated rings. The number of benzene rings is 1. The fraction of sp³-hybridized carbons (Fsp3) is 0.462. The zero-order chi connectivity index (χ0) is 19.0. The second-order valence-electron chi connectivity index (χ2n) is 5.39. The highest BCUT2D eigenvalue weighted by atomic mass is 32.2. The number of alkyl halides is 3. The van der Waals surface area contributed by atoms with Gasteiger partial charge in [0.2, 0.25) is 15.9 Å². The van der Waals surface area contributed by atoms with Gasteiger partial charge in [-0.3, -0.25) is 14.9 Å². The van der Waals surface area contributed by atoms with E-state index < -0.39 is 46.2 Å². The van der Waals surface area contributed by atoms with E-state index in [0.29, 0.717) is 4.90 Å². The number of piperazine rings is 1. The summed E-state index contributed by atoms with van der Waals surface area (Å²) >= 11 is 0. The molecule has 1 saturated heterocycles. The van der Waals surface area contributed by atoms with Gasteiger partial charge in [0, 0.05) is 25.2 Å². The number of hydrogen-bond acceptors (Lipinski definition) is 5. The molecule has 0 N–H and O–H groups in total. The minimum absolute atomic E-state index is 0.275. The Hall–Kier alpha value is -2.21. The lowest BCUT2D eigenvalue weighted by molar-refractivity contribution is -0.384. The summed E-state index contributed by atoms with van der Waals surface area (Å²) in [6, 6.07) is 2.02. The minimum atomic E-state index is -4.60. The molecule has 12 heteroatoms. The lowest BCUT2D eigenvalue weighted by Crippen LogP contribution is -2.57. The standard InChI is InChI=1S/C13H14F3N3O5S/c1-9(13(14,15)16)18-7-6-17(8-12(18)20)25(23,24)11-4-2-10(3-5-11)19(21)22/h2-5,9H,6-8H2,1H3/t9-/m0/s1. The van der Waals surface area contributed by atoms with E-state index in [1.165, 1.54) is 0 Å². The number of non-ortho nitro benzene ring substituents is 1. The maximum atomic E-state index is 12.7. The van der Waals surface area contributed by atoms with Gasteiger partial charge in [0.15, 0.2) is 0 Å². The van der Waals surface area contributed by atoms with Crippen LogP contribution in [0.1, 0.15) is 6.92 Å². The highest BCUT2D eigenvalue weighted by molar-refractivity contribution is 7.89. The van der Waals surface area contributed by atoms with E-state index in [9.17, 15) is 36.5 Å². The van der Waals surface area contributed by atoms with Gasteiger partial charge in [-0.2, -0.15) is 17.5 Å². The van der Waals surface area contributed by atoms with Gasteiger partial charge in [-0.25, -0.2) is 8.42 Å². The Labute approximate surface area is 141 Å². The normalized spacial score (nSPS) is 18.2. The Kier molecular flexibility index (Phi) is 5.04. The van der Waals surface area contributed by atoms with Gasteiger partial charge >= 0.3 is 6.18 Å². The number of nitro groups is 1. The summed E-state index contributed by atoms with van der Waals surface area (Å²) in [5.41, 5.74) is -0.307. The number of sulfonamides is 1. The lowest BCUT2D eigenvalue weighted by Gasteiger charge is -2.37. The zero-order valence-corrected chi connectivity index (χ0v) is 13.7. The van der Waals surface area contributed by atoms with Crippen LogP contribution in [0.5, 0.6) is 0 Å². The van der Waals surface area contributed by atoms with Crippen molar-refractivity contribution in [1.29, 1.82) is 0 Å². The Morgan fingerprint density at radius 2 is 1.76 bits per heavy atom. The van der Waals surface area contributed by atoms with E-state index in [1.54, 1.807) is 0 Å². The largest absolute Gasteiger partial charge is 0.408 e. The number of hydrogen-bond donors (Lipinski definition) is 0. The first-order chi connectivity index (χ1) is 11.4. The first-order valence-electron chi connectivity index (χ1n) is 7.05. The number of amides is 1. The first-order valence-corrected chi connectivity index (χ1v) is 8.49. The molecule has 1 aliphatic rings. The number of rotatable bonds is 4. The van der Waals surface area contributed by atoms with E-state index in [-0.39, 0.29) is 17.1 Å². The van der Waals surface area contributed by atoms with E-state index in [1.807, 2.05) is 0 Å². The van der Waals surface area contributed by atoms with E-state index in [2.05, 4.69) is 0 Å². The molecule has 0 unspecified atom stereocenters. The molecule has 2 rings (SSSR count). The van der Waals surface area contributed by atoms with Gasteiger partial charge in [0.25, 0.3) is 5.69 Å². The van der Waals surface area contributed by atoms with Crippen molar-refractivity contribution in [3.05, 3.63) is 34.4 Å². The van der Waals surface area contributed by atoms with Crippen molar-refractivity contribution in [3.63, 3.8) is 0 Å². The van der Waals surface area contributed by atoms with E-state index >= 15 is 0 Å². The van der Waals surface area contributed by atoms with Crippen LogP contribution in [0.2, 0.25) is 0 Å². The van der Waals surface area contributed by atoms with Crippen molar-refractivity contribution in [1.82, 2.24) is 9.21 Å². The van der Waals surface area contributed by atoms with Crippen molar-refractivity contribution < 1.29 is 31.3 Å². The predicted molar refractivity (Wildman–Crippen MR) is 79.1 cm³/mol. The molecule has 1 aliphatic heterocycles. The van der Waals surface area contributed by atoms with Gasteiger partial charge in [-0.15, -0.1) is 0 Å². The van der Waals surface area contributed by atoms with Crippen LogP contribution in [-0.2, 0) is 14.8 Å². The average molecular weight is 381 g/mol. The average Bonchev–Trinajstić information content (AvgIpc) is 2.53. The third-order valence-electron chi connectivity index (χ3n) is 3.85. The van der Waals surface area contributed by atoms with Gasteiger partial charge in [0.05, 0.1) is 16.4 Å². The monoisotopic (exact) mass is 381 g/mol. The van der Waals surface area contributed by atoms with Crippen molar-refractivity contribution in [3.8, 4) is 0 Å². The summed E-state index contributed by atoms with van der Waals surface area (Å²) < 4.78 is 63.8. The van der Waals surface area contributed by atoms with Crippen LogP contribution in [0.15, 0.2) is 29.2 Å². The van der Waals surface area contributed by atoms with Crippen molar-refractivity contribution in [2.45, 2.75) is 24.0 Å². The van der Waals surface area contributed by atoms with Crippen molar-refractivity contribution in [2.24, 2.45) is 0 Å². The summed E-state index contributed by atoms with van der Waals surface area (Å²) in [6.07, 6.45) is -4.60. The first kappa shape index (κ1) is 19.1. The Morgan fingerprint density at radius 1 is 1.20 bits per heavy atom. The lowest BCUT2D eigenvalue weighted by atomic mass is 10.2. The SMILES string of the molecule is C[C@H](N1CCN(S(=O)(=O)c2ccc([N+](=O)[O-])cc2)CC1=O)C(F)(F)F. The van der Waals surface area contributed by atoms with Crippen molar-refractivity contribution in [2.75, 3.05) is 19.6 Å². The van der Waals surface area contributed by atoms with Crippen molar-refractivity contribution >= 4 is 21.6 Å². The second kappa shape index (κ2) is 6.59. The van der Waals surface area contributed by atoms with Gasteiger partial charge in [0.1, 0.15) is 6.04 Å². The molecular formula is C13H14F3N3O5S. The maximum Gasteiger partial charge on any atom is 0.408 e. The fourth-order valence-electron chi connectivity index (χ4n) is 2.35. The highest BCUT2D eigenvalue weighted by Gasteiger charge is 2.44. The van der Waals surface area contributed by atoms with Gasteiger partial charge in [-0.05, 0) is 19.1 Å². The molecule has 1 amide bonds.